The second kappa shape index (κ2) is 6.40. The number of hydrogen-bond acceptors (Lipinski definition) is 3. The van der Waals surface area contributed by atoms with Crippen molar-refractivity contribution in [2.75, 3.05) is 20.2 Å². The van der Waals surface area contributed by atoms with E-state index in [0.29, 0.717) is 6.10 Å². The summed E-state index contributed by atoms with van der Waals surface area (Å²) in [5, 5.41) is 3.37. The van der Waals surface area contributed by atoms with E-state index in [1.54, 1.807) is 7.11 Å². The highest BCUT2D eigenvalue weighted by Crippen LogP contribution is 2.29. The van der Waals surface area contributed by atoms with Crippen molar-refractivity contribution < 1.29 is 9.47 Å². The Labute approximate surface area is 116 Å². The monoisotopic (exact) mass is 263 g/mol. The third-order valence-corrected chi connectivity index (χ3v) is 3.90. The number of hydrogen-bond donors (Lipinski definition) is 1. The van der Waals surface area contributed by atoms with Crippen LogP contribution >= 0.6 is 0 Å². The van der Waals surface area contributed by atoms with Gasteiger partial charge in [-0.3, -0.25) is 0 Å². The normalized spacial score (nSPS) is 18.3. The van der Waals surface area contributed by atoms with Crippen LogP contribution in [0.4, 0.5) is 0 Å². The first kappa shape index (κ1) is 14.4. The van der Waals surface area contributed by atoms with Crippen molar-refractivity contribution in [3.63, 3.8) is 0 Å². The van der Waals surface area contributed by atoms with Crippen LogP contribution in [0.1, 0.15) is 42.6 Å². The summed E-state index contributed by atoms with van der Waals surface area (Å²) in [7, 11) is 1.72. The minimum atomic E-state index is 0.146. The molecule has 0 radical (unpaired) electrons. The number of piperidine rings is 1. The lowest BCUT2D eigenvalue weighted by molar-refractivity contribution is -0.0189. The van der Waals surface area contributed by atoms with E-state index < -0.39 is 0 Å². The summed E-state index contributed by atoms with van der Waals surface area (Å²) in [4.78, 5) is 0. The molecule has 0 saturated carbocycles. The maximum atomic E-state index is 6.21. The van der Waals surface area contributed by atoms with Crippen LogP contribution in [0, 0.1) is 13.8 Å². The van der Waals surface area contributed by atoms with E-state index in [1.807, 2.05) is 0 Å². The molecule has 1 aromatic carbocycles. The van der Waals surface area contributed by atoms with Crippen molar-refractivity contribution in [2.45, 2.75) is 45.8 Å². The molecular formula is C16H25NO2. The van der Waals surface area contributed by atoms with E-state index in [1.165, 1.54) is 16.7 Å². The molecule has 1 saturated heterocycles. The molecular weight excluding hydrogens is 238 g/mol. The Balaban J connectivity index is 2.09. The first-order valence-corrected chi connectivity index (χ1v) is 7.13. The molecule has 0 aromatic heterocycles. The van der Waals surface area contributed by atoms with Crippen LogP contribution in [0.3, 0.4) is 0 Å². The molecule has 3 heteroatoms. The van der Waals surface area contributed by atoms with Gasteiger partial charge in [0, 0.05) is 0 Å². The molecule has 0 aliphatic carbocycles. The van der Waals surface area contributed by atoms with Crippen molar-refractivity contribution in [3.05, 3.63) is 28.8 Å². The minimum Gasteiger partial charge on any atom is -0.496 e. The second-order valence-electron chi connectivity index (χ2n) is 5.41. The van der Waals surface area contributed by atoms with E-state index in [9.17, 15) is 0 Å². The molecule has 1 atom stereocenters. The van der Waals surface area contributed by atoms with Crippen LogP contribution in [0.2, 0.25) is 0 Å². The van der Waals surface area contributed by atoms with Crippen molar-refractivity contribution in [3.8, 4) is 5.75 Å². The predicted molar refractivity (Wildman–Crippen MR) is 77.9 cm³/mol. The van der Waals surface area contributed by atoms with E-state index in [-0.39, 0.29) is 6.10 Å². The molecule has 0 amide bonds. The van der Waals surface area contributed by atoms with Crippen molar-refractivity contribution in [1.82, 2.24) is 5.32 Å². The molecule has 1 aromatic rings. The summed E-state index contributed by atoms with van der Waals surface area (Å²) >= 11 is 0. The van der Waals surface area contributed by atoms with Crippen LogP contribution in [0.5, 0.6) is 5.75 Å². The summed E-state index contributed by atoms with van der Waals surface area (Å²) in [6.45, 7) is 8.49. The highest BCUT2D eigenvalue weighted by atomic mass is 16.5. The van der Waals surface area contributed by atoms with Crippen LogP contribution in [0.15, 0.2) is 12.1 Å². The highest BCUT2D eigenvalue weighted by Gasteiger charge is 2.19. The van der Waals surface area contributed by atoms with Gasteiger partial charge in [-0.1, -0.05) is 0 Å². The van der Waals surface area contributed by atoms with Gasteiger partial charge >= 0.3 is 0 Å². The van der Waals surface area contributed by atoms with Gasteiger partial charge in [0.15, 0.2) is 0 Å². The van der Waals surface area contributed by atoms with Gasteiger partial charge < -0.3 is 14.8 Å². The number of benzene rings is 1. The van der Waals surface area contributed by atoms with Gasteiger partial charge in [0.1, 0.15) is 5.75 Å². The average molecular weight is 263 g/mol. The fourth-order valence-corrected chi connectivity index (χ4v) is 2.76. The topological polar surface area (TPSA) is 30.5 Å². The maximum absolute atomic E-state index is 6.21. The zero-order chi connectivity index (χ0) is 13.8. The molecule has 0 bridgehead atoms. The minimum absolute atomic E-state index is 0.146. The SMILES string of the molecule is COc1cc(C)c(C(C)OC2CCNCC2)cc1C. The largest absolute Gasteiger partial charge is 0.496 e. The van der Waals surface area contributed by atoms with Crippen molar-refractivity contribution >= 4 is 0 Å². The lowest BCUT2D eigenvalue weighted by atomic mass is 10.00. The molecule has 0 spiro atoms. The zero-order valence-corrected chi connectivity index (χ0v) is 12.5. The molecule has 19 heavy (non-hydrogen) atoms. The van der Waals surface area contributed by atoms with Gasteiger partial charge in [0.2, 0.25) is 0 Å². The van der Waals surface area contributed by atoms with Gasteiger partial charge in [-0.2, -0.15) is 0 Å². The van der Waals surface area contributed by atoms with Gasteiger partial charge in [-0.15, -0.1) is 0 Å². The van der Waals surface area contributed by atoms with Crippen LogP contribution in [0.25, 0.3) is 0 Å². The predicted octanol–water partition coefficient (Wildman–Crippen LogP) is 3.14. The Morgan fingerprint density at radius 2 is 1.84 bits per heavy atom. The molecule has 2 rings (SSSR count). The van der Waals surface area contributed by atoms with Gasteiger partial charge in [-0.05, 0) is 75.5 Å². The summed E-state index contributed by atoms with van der Waals surface area (Å²) in [5.41, 5.74) is 3.68. The maximum Gasteiger partial charge on any atom is 0.122 e. The molecule has 1 N–H and O–H groups in total. The van der Waals surface area contributed by atoms with Crippen LogP contribution < -0.4 is 10.1 Å². The number of rotatable bonds is 4. The summed E-state index contributed by atoms with van der Waals surface area (Å²) in [5.74, 6) is 0.954. The van der Waals surface area contributed by atoms with Crippen LogP contribution in [-0.4, -0.2) is 26.3 Å². The van der Waals surface area contributed by atoms with Gasteiger partial charge in [0.05, 0.1) is 19.3 Å². The quantitative estimate of drug-likeness (QED) is 0.905. The lowest BCUT2D eigenvalue weighted by Gasteiger charge is -2.27. The molecule has 1 aliphatic rings. The smallest absolute Gasteiger partial charge is 0.122 e. The summed E-state index contributed by atoms with van der Waals surface area (Å²) in [6, 6.07) is 4.30. The van der Waals surface area contributed by atoms with Gasteiger partial charge in [0.25, 0.3) is 0 Å². The zero-order valence-electron chi connectivity index (χ0n) is 12.5. The fraction of sp³-hybridized carbons (Fsp3) is 0.625. The van der Waals surface area contributed by atoms with E-state index >= 15 is 0 Å². The lowest BCUT2D eigenvalue weighted by Crippen LogP contribution is -2.33. The Bertz CT molecular complexity index is 425. The van der Waals surface area contributed by atoms with Crippen molar-refractivity contribution in [1.29, 1.82) is 0 Å². The Kier molecular flexibility index (Phi) is 4.83. The molecule has 1 aliphatic heterocycles. The standard InChI is InChI=1S/C16H25NO2/c1-11-10-16(18-4)12(2)9-15(11)13(3)19-14-5-7-17-8-6-14/h9-10,13-14,17H,5-8H2,1-4H3. The third-order valence-electron chi connectivity index (χ3n) is 3.90. The average Bonchev–Trinajstić information content (AvgIpc) is 2.42. The molecule has 1 unspecified atom stereocenters. The van der Waals surface area contributed by atoms with E-state index in [4.69, 9.17) is 9.47 Å². The van der Waals surface area contributed by atoms with Crippen molar-refractivity contribution in [2.24, 2.45) is 0 Å². The first-order chi connectivity index (χ1) is 9.11. The summed E-state index contributed by atoms with van der Waals surface area (Å²) in [6.07, 6.45) is 2.75. The Hall–Kier alpha value is -1.06. The fourth-order valence-electron chi connectivity index (χ4n) is 2.76. The molecule has 106 valence electrons. The molecule has 3 nitrogen and oxygen atoms in total. The number of aryl methyl sites for hydroxylation is 2. The van der Waals surface area contributed by atoms with Crippen LogP contribution in [-0.2, 0) is 4.74 Å². The number of methoxy groups -OCH3 is 1. The van der Waals surface area contributed by atoms with E-state index in [2.05, 4.69) is 38.2 Å². The number of nitrogens with one attached hydrogen (secondary N) is 1. The number of ether oxygens (including phenoxy) is 2. The Morgan fingerprint density at radius 3 is 2.47 bits per heavy atom. The molecule has 1 heterocycles. The Morgan fingerprint density at radius 1 is 1.16 bits per heavy atom. The molecule has 1 fully saturated rings. The summed E-state index contributed by atoms with van der Waals surface area (Å²) < 4.78 is 11.6. The van der Waals surface area contributed by atoms with Gasteiger partial charge in [-0.25, -0.2) is 0 Å². The second-order valence-corrected chi connectivity index (χ2v) is 5.41. The highest BCUT2D eigenvalue weighted by molar-refractivity contribution is 5.42. The first-order valence-electron chi connectivity index (χ1n) is 7.13. The van der Waals surface area contributed by atoms with E-state index in [0.717, 1.165) is 31.7 Å². The third kappa shape index (κ3) is 3.48.